The first-order valence-electron chi connectivity index (χ1n) is 8.94. The summed E-state index contributed by atoms with van der Waals surface area (Å²) in [5.74, 6) is -0.925. The van der Waals surface area contributed by atoms with E-state index in [2.05, 4.69) is 28.6 Å². The van der Waals surface area contributed by atoms with Crippen molar-refractivity contribution in [1.82, 2.24) is 9.55 Å². The third-order valence-corrected chi connectivity index (χ3v) is 5.07. The number of ether oxygens (including phenoxy) is 1. The van der Waals surface area contributed by atoms with Gasteiger partial charge in [0.05, 0.1) is 11.6 Å². The molecule has 0 N–H and O–H groups in total. The van der Waals surface area contributed by atoms with Gasteiger partial charge in [-0.15, -0.1) is 0 Å². The summed E-state index contributed by atoms with van der Waals surface area (Å²) in [5, 5.41) is 0.0508. The number of aryl methyl sites for hydroxylation is 1. The molecule has 28 heavy (non-hydrogen) atoms. The molecular weight excluding hydrogens is 376 g/mol. The van der Waals surface area contributed by atoms with E-state index in [0.717, 1.165) is 17.0 Å². The number of pyridine rings is 1. The summed E-state index contributed by atoms with van der Waals surface area (Å²) < 4.78 is 7.27. The van der Waals surface area contributed by atoms with Crippen LogP contribution in [0.5, 0.6) is 0 Å². The normalized spacial score (nSPS) is 11.9. The average molecular weight is 397 g/mol. The molecule has 2 aromatic heterocycles. The van der Waals surface area contributed by atoms with E-state index in [0.29, 0.717) is 5.56 Å². The second kappa shape index (κ2) is 8.40. The lowest BCUT2D eigenvalue weighted by molar-refractivity contribution is 0.0474. The number of hydrogen-bond donors (Lipinski definition) is 0. The fourth-order valence-corrected chi connectivity index (χ4v) is 3.56. The minimum Gasteiger partial charge on any atom is -0.454 e. The number of nitrogens with zero attached hydrogens (tertiary/aromatic N) is 2. The number of halogens is 1. The van der Waals surface area contributed by atoms with Gasteiger partial charge < -0.3 is 9.30 Å². The van der Waals surface area contributed by atoms with Crippen LogP contribution in [0, 0.1) is 13.8 Å². The van der Waals surface area contributed by atoms with Gasteiger partial charge in [0, 0.05) is 23.1 Å². The minimum absolute atomic E-state index is 0.0508. The zero-order valence-corrected chi connectivity index (χ0v) is 16.7. The van der Waals surface area contributed by atoms with E-state index < -0.39 is 5.97 Å². The molecule has 2 heterocycles. The van der Waals surface area contributed by atoms with Gasteiger partial charge in [-0.05, 0) is 44.5 Å². The molecular formula is C22H21ClN2O3. The number of carbonyl (C=O) groups is 2. The van der Waals surface area contributed by atoms with Crippen molar-refractivity contribution in [3.8, 4) is 0 Å². The van der Waals surface area contributed by atoms with Gasteiger partial charge in [0.15, 0.2) is 6.61 Å². The van der Waals surface area contributed by atoms with Gasteiger partial charge in [0.25, 0.3) is 0 Å². The molecule has 1 aromatic carbocycles. The molecule has 0 fully saturated rings. The number of esters is 1. The molecule has 0 spiro atoms. The van der Waals surface area contributed by atoms with Crippen LogP contribution in [-0.4, -0.2) is 27.9 Å². The number of aromatic nitrogens is 2. The van der Waals surface area contributed by atoms with Crippen LogP contribution >= 0.6 is 11.6 Å². The standard InChI is InChI=1S/C22H21ClN2O3/c1-14-12-19(16(3)25(14)15(2)17-8-5-4-6-9-17)20(26)13-28-22(27)18-10-7-11-24-21(18)23/h4-12,15H,13H2,1-3H3/t15-/m0/s1. The van der Waals surface area contributed by atoms with E-state index in [1.54, 1.807) is 6.07 Å². The lowest BCUT2D eigenvalue weighted by Gasteiger charge is -2.19. The molecule has 0 radical (unpaired) electrons. The van der Waals surface area contributed by atoms with Crippen LogP contribution in [0.1, 0.15) is 50.6 Å². The van der Waals surface area contributed by atoms with Crippen LogP contribution in [0.25, 0.3) is 0 Å². The third kappa shape index (κ3) is 3.99. The first-order valence-corrected chi connectivity index (χ1v) is 9.32. The second-order valence-corrected chi connectivity index (χ2v) is 6.94. The summed E-state index contributed by atoms with van der Waals surface area (Å²) in [5.41, 5.74) is 3.65. The number of ketones is 1. The molecule has 0 aliphatic carbocycles. The predicted octanol–water partition coefficient (Wildman–Crippen LogP) is 4.80. The molecule has 3 aromatic rings. The lowest BCUT2D eigenvalue weighted by atomic mass is 10.1. The molecule has 5 nitrogen and oxygen atoms in total. The van der Waals surface area contributed by atoms with E-state index in [-0.39, 0.29) is 29.1 Å². The lowest BCUT2D eigenvalue weighted by Crippen LogP contribution is -2.16. The van der Waals surface area contributed by atoms with Gasteiger partial charge in [-0.1, -0.05) is 41.9 Å². The molecule has 0 aliphatic heterocycles. The van der Waals surface area contributed by atoms with Crippen LogP contribution in [0.15, 0.2) is 54.7 Å². The fourth-order valence-electron chi connectivity index (χ4n) is 3.36. The van der Waals surface area contributed by atoms with Gasteiger partial charge in [0.2, 0.25) is 5.78 Å². The predicted molar refractivity (Wildman–Crippen MR) is 108 cm³/mol. The Morgan fingerprint density at radius 3 is 2.50 bits per heavy atom. The van der Waals surface area contributed by atoms with Crippen molar-refractivity contribution < 1.29 is 14.3 Å². The largest absolute Gasteiger partial charge is 0.454 e. The van der Waals surface area contributed by atoms with Crippen molar-refractivity contribution in [3.63, 3.8) is 0 Å². The summed E-state index contributed by atoms with van der Waals surface area (Å²) in [6, 6.07) is 15.1. The van der Waals surface area contributed by atoms with E-state index in [9.17, 15) is 9.59 Å². The zero-order valence-electron chi connectivity index (χ0n) is 16.0. The Balaban J connectivity index is 1.76. The van der Waals surface area contributed by atoms with Gasteiger partial charge in [0.1, 0.15) is 5.15 Å². The van der Waals surface area contributed by atoms with Gasteiger partial charge in [-0.25, -0.2) is 9.78 Å². The van der Waals surface area contributed by atoms with E-state index >= 15 is 0 Å². The number of rotatable bonds is 6. The SMILES string of the molecule is Cc1cc(C(=O)COC(=O)c2cccnc2Cl)c(C)n1[C@@H](C)c1ccccc1. The van der Waals surface area contributed by atoms with Crippen molar-refractivity contribution in [1.29, 1.82) is 0 Å². The fraction of sp³-hybridized carbons (Fsp3) is 0.227. The maximum absolute atomic E-state index is 12.7. The van der Waals surface area contributed by atoms with Crippen molar-refractivity contribution in [2.75, 3.05) is 6.61 Å². The van der Waals surface area contributed by atoms with E-state index in [4.69, 9.17) is 16.3 Å². The molecule has 0 aliphatic rings. The summed E-state index contributed by atoms with van der Waals surface area (Å²) in [4.78, 5) is 28.7. The minimum atomic E-state index is -0.669. The molecule has 1 atom stereocenters. The number of benzene rings is 1. The van der Waals surface area contributed by atoms with Gasteiger partial charge in [-0.3, -0.25) is 4.79 Å². The third-order valence-electron chi connectivity index (χ3n) is 4.77. The zero-order chi connectivity index (χ0) is 20.3. The second-order valence-electron chi connectivity index (χ2n) is 6.58. The highest BCUT2D eigenvalue weighted by molar-refractivity contribution is 6.32. The van der Waals surface area contributed by atoms with Gasteiger partial charge >= 0.3 is 5.97 Å². The maximum Gasteiger partial charge on any atom is 0.341 e. The van der Waals surface area contributed by atoms with Crippen molar-refractivity contribution in [2.45, 2.75) is 26.8 Å². The van der Waals surface area contributed by atoms with Crippen LogP contribution in [0.4, 0.5) is 0 Å². The van der Waals surface area contributed by atoms with Crippen LogP contribution < -0.4 is 0 Å². The average Bonchev–Trinajstić information content (AvgIpc) is 3.00. The van der Waals surface area contributed by atoms with E-state index in [1.807, 2.05) is 38.1 Å². The highest BCUT2D eigenvalue weighted by Crippen LogP contribution is 2.26. The molecule has 0 saturated heterocycles. The maximum atomic E-state index is 12.7. The Hall–Kier alpha value is -2.92. The molecule has 0 unspecified atom stereocenters. The Morgan fingerprint density at radius 1 is 1.11 bits per heavy atom. The van der Waals surface area contributed by atoms with Crippen LogP contribution in [0.3, 0.4) is 0 Å². The Bertz CT molecular complexity index is 1010. The Morgan fingerprint density at radius 2 is 1.82 bits per heavy atom. The topological polar surface area (TPSA) is 61.2 Å². The highest BCUT2D eigenvalue weighted by atomic mass is 35.5. The van der Waals surface area contributed by atoms with Crippen LogP contribution in [0.2, 0.25) is 5.15 Å². The van der Waals surface area contributed by atoms with Crippen molar-refractivity contribution in [2.24, 2.45) is 0 Å². The smallest absolute Gasteiger partial charge is 0.341 e. The molecule has 6 heteroatoms. The quantitative estimate of drug-likeness (QED) is 0.341. The van der Waals surface area contributed by atoms with Crippen molar-refractivity contribution in [3.05, 3.63) is 88.0 Å². The molecule has 0 saturated carbocycles. The summed E-state index contributed by atoms with van der Waals surface area (Å²) in [6.45, 7) is 5.60. The van der Waals surface area contributed by atoms with Crippen LogP contribution in [-0.2, 0) is 4.74 Å². The van der Waals surface area contributed by atoms with Gasteiger partial charge in [-0.2, -0.15) is 0 Å². The number of carbonyl (C=O) groups excluding carboxylic acids is 2. The van der Waals surface area contributed by atoms with E-state index in [1.165, 1.54) is 12.3 Å². The number of Topliss-reactive ketones (excluding diaryl/α,β-unsaturated/α-hetero) is 1. The highest BCUT2D eigenvalue weighted by Gasteiger charge is 2.21. The molecule has 144 valence electrons. The molecule has 0 bridgehead atoms. The first kappa shape index (κ1) is 19.8. The molecule has 3 rings (SSSR count). The summed E-state index contributed by atoms with van der Waals surface area (Å²) in [6.07, 6.45) is 1.48. The monoisotopic (exact) mass is 396 g/mol. The number of hydrogen-bond acceptors (Lipinski definition) is 4. The summed E-state index contributed by atoms with van der Waals surface area (Å²) in [7, 11) is 0. The molecule has 0 amide bonds. The first-order chi connectivity index (χ1) is 13.4. The Labute approximate surface area is 168 Å². The summed E-state index contributed by atoms with van der Waals surface area (Å²) >= 11 is 5.89. The Kier molecular flexibility index (Phi) is 5.95. The van der Waals surface area contributed by atoms with Crippen molar-refractivity contribution >= 4 is 23.4 Å².